The average Bonchev–Trinajstić information content (AvgIpc) is 3.48. The van der Waals surface area contributed by atoms with E-state index in [0.717, 1.165) is 36.2 Å². The lowest BCUT2D eigenvalue weighted by Crippen LogP contribution is -2.43. The molecule has 0 aromatic carbocycles. The molecular formula is C24H28F4N8O3. The number of hydrogen-bond acceptors (Lipinski definition) is 7. The summed E-state index contributed by atoms with van der Waals surface area (Å²) in [4.78, 5) is 34.5. The van der Waals surface area contributed by atoms with Crippen LogP contribution in [0.5, 0.6) is 5.88 Å². The molecule has 1 saturated heterocycles. The molecule has 15 heteroatoms. The molecule has 0 spiro atoms. The Kier molecular flexibility index (Phi) is 8.06. The molecule has 1 fully saturated rings. The number of nitrogens with one attached hydrogen (secondary N) is 2. The Morgan fingerprint density at radius 3 is 2.67 bits per heavy atom. The number of urea groups is 1. The van der Waals surface area contributed by atoms with Crippen molar-refractivity contribution in [3.63, 3.8) is 0 Å². The van der Waals surface area contributed by atoms with Gasteiger partial charge in [-0.1, -0.05) is 19.8 Å². The van der Waals surface area contributed by atoms with E-state index in [-0.39, 0.29) is 41.6 Å². The summed E-state index contributed by atoms with van der Waals surface area (Å²) >= 11 is 0. The third kappa shape index (κ3) is 5.81. The summed E-state index contributed by atoms with van der Waals surface area (Å²) in [5.41, 5.74) is 4.11. The molecule has 0 aliphatic carbocycles. The number of ether oxygens (including phenoxy) is 1. The Hall–Kier alpha value is -4.17. The van der Waals surface area contributed by atoms with Crippen LogP contribution in [0.1, 0.15) is 42.1 Å². The number of aromatic nitrogens is 4. The molecule has 2 atom stereocenters. The van der Waals surface area contributed by atoms with Crippen LogP contribution < -0.4 is 21.1 Å². The van der Waals surface area contributed by atoms with Gasteiger partial charge in [-0.15, -0.1) is 0 Å². The number of carbonyl (C=O) groups is 2. The minimum Gasteiger partial charge on any atom is -0.480 e. The van der Waals surface area contributed by atoms with Gasteiger partial charge in [0, 0.05) is 24.8 Å². The molecular weight excluding hydrogens is 524 g/mol. The number of anilines is 1. The summed E-state index contributed by atoms with van der Waals surface area (Å²) in [5, 5.41) is 9.18. The Morgan fingerprint density at radius 2 is 1.97 bits per heavy atom. The molecule has 4 heterocycles. The quantitative estimate of drug-likeness (QED) is 0.288. The van der Waals surface area contributed by atoms with Crippen molar-refractivity contribution in [2.24, 2.45) is 0 Å². The Balaban J connectivity index is 1.58. The van der Waals surface area contributed by atoms with E-state index < -0.39 is 41.4 Å². The number of carbonyl (C=O) groups excluding carboxylic acids is 2. The molecule has 3 amide bonds. The molecule has 3 aromatic heterocycles. The van der Waals surface area contributed by atoms with Crippen molar-refractivity contribution in [2.45, 2.75) is 44.6 Å². The second-order valence-electron chi connectivity index (χ2n) is 9.07. The first kappa shape index (κ1) is 27.9. The second kappa shape index (κ2) is 11.3. The topological polar surface area (TPSA) is 140 Å². The van der Waals surface area contributed by atoms with Crippen molar-refractivity contribution in [2.75, 3.05) is 32.5 Å². The summed E-state index contributed by atoms with van der Waals surface area (Å²) in [7, 11) is 1.26. The van der Waals surface area contributed by atoms with Gasteiger partial charge in [0.2, 0.25) is 5.88 Å². The van der Waals surface area contributed by atoms with E-state index in [1.165, 1.54) is 24.3 Å². The van der Waals surface area contributed by atoms with Gasteiger partial charge in [-0.05, 0) is 18.6 Å². The number of methoxy groups -OCH3 is 1. The maximum atomic E-state index is 14.8. The summed E-state index contributed by atoms with van der Waals surface area (Å²) in [5.74, 6) is -1.27. The predicted octanol–water partition coefficient (Wildman–Crippen LogP) is 3.05. The molecule has 4 rings (SSSR count). The number of amides is 3. The highest BCUT2D eigenvalue weighted by molar-refractivity contribution is 5.98. The van der Waals surface area contributed by atoms with Crippen LogP contribution in [0.25, 0.3) is 16.8 Å². The molecule has 11 nitrogen and oxygen atoms in total. The highest BCUT2D eigenvalue weighted by atomic mass is 19.4. The van der Waals surface area contributed by atoms with Gasteiger partial charge in [0.15, 0.2) is 5.82 Å². The van der Waals surface area contributed by atoms with E-state index in [2.05, 4.69) is 25.7 Å². The number of hydrogen-bond donors (Lipinski definition) is 3. The van der Waals surface area contributed by atoms with E-state index in [1.807, 2.05) is 6.92 Å². The number of likely N-dealkylation sites (tertiary alicyclic amines) is 1. The van der Waals surface area contributed by atoms with Gasteiger partial charge in [-0.25, -0.2) is 23.7 Å². The number of unbranched alkanes of at least 4 members (excludes halogenated alkanes) is 2. The molecule has 0 unspecified atom stereocenters. The van der Waals surface area contributed by atoms with E-state index in [1.54, 1.807) is 0 Å². The van der Waals surface area contributed by atoms with E-state index in [9.17, 15) is 27.2 Å². The van der Waals surface area contributed by atoms with Crippen LogP contribution in [0, 0.1) is 0 Å². The van der Waals surface area contributed by atoms with Gasteiger partial charge >= 0.3 is 12.2 Å². The normalized spacial score (nSPS) is 17.4. The zero-order valence-corrected chi connectivity index (χ0v) is 21.3. The molecule has 1 aliphatic heterocycles. The standard InChI is InChI=1S/C24H28F4N8O3/c1-3-4-5-6-30-23(38)35-10-16(25)17(11-35)34-21(37)14-7-13(9-31-22(14)39-2)18-8-15(24(26,27)28)19-20(29)32-12-33-36(18)19/h7-9,12,16-17H,3-6,10-11H2,1-2H3,(H,30,38)(H,34,37)(H2,29,32,33)/t16-,17+/m0/s1. The first-order valence-electron chi connectivity index (χ1n) is 12.3. The summed E-state index contributed by atoms with van der Waals surface area (Å²) in [6.45, 7) is 2.25. The third-order valence-electron chi connectivity index (χ3n) is 6.38. The molecule has 1 aliphatic rings. The number of rotatable bonds is 8. The highest BCUT2D eigenvalue weighted by Crippen LogP contribution is 2.39. The van der Waals surface area contributed by atoms with Crippen molar-refractivity contribution >= 4 is 23.3 Å². The fraction of sp³-hybridized carbons (Fsp3) is 0.458. The van der Waals surface area contributed by atoms with Crippen molar-refractivity contribution in [3.05, 3.63) is 35.8 Å². The summed E-state index contributed by atoms with van der Waals surface area (Å²) in [6.07, 6.45) is -1.31. The van der Waals surface area contributed by atoms with Crippen LogP contribution in [0.3, 0.4) is 0 Å². The number of nitrogens with two attached hydrogens (primary N) is 1. The van der Waals surface area contributed by atoms with Crippen molar-refractivity contribution in [1.82, 2.24) is 35.1 Å². The highest BCUT2D eigenvalue weighted by Gasteiger charge is 2.38. The molecule has 39 heavy (non-hydrogen) atoms. The van der Waals surface area contributed by atoms with E-state index >= 15 is 0 Å². The van der Waals surface area contributed by atoms with Crippen molar-refractivity contribution in [1.29, 1.82) is 0 Å². The van der Waals surface area contributed by atoms with Gasteiger partial charge < -0.3 is 26.0 Å². The molecule has 0 radical (unpaired) electrons. The van der Waals surface area contributed by atoms with Gasteiger partial charge in [-0.3, -0.25) is 4.79 Å². The predicted molar refractivity (Wildman–Crippen MR) is 133 cm³/mol. The third-order valence-corrected chi connectivity index (χ3v) is 6.38. The second-order valence-corrected chi connectivity index (χ2v) is 9.07. The Morgan fingerprint density at radius 1 is 1.21 bits per heavy atom. The van der Waals surface area contributed by atoms with Crippen LogP contribution in [0.2, 0.25) is 0 Å². The lowest BCUT2D eigenvalue weighted by molar-refractivity contribution is -0.136. The Bertz CT molecular complexity index is 1360. The molecule has 4 N–H and O–H groups in total. The summed E-state index contributed by atoms with van der Waals surface area (Å²) < 4.78 is 62.0. The van der Waals surface area contributed by atoms with Gasteiger partial charge in [0.1, 0.15) is 23.6 Å². The van der Waals surface area contributed by atoms with Crippen LogP contribution in [-0.4, -0.2) is 75.4 Å². The zero-order valence-electron chi connectivity index (χ0n) is 21.3. The van der Waals surface area contributed by atoms with Gasteiger partial charge in [0.05, 0.1) is 31.0 Å². The minimum atomic E-state index is -4.75. The Labute approximate surface area is 220 Å². The van der Waals surface area contributed by atoms with Crippen molar-refractivity contribution < 1.29 is 31.9 Å². The number of fused-ring (bicyclic) bond motifs is 1. The number of nitrogens with zero attached hydrogens (tertiary/aromatic N) is 5. The lowest BCUT2D eigenvalue weighted by Gasteiger charge is -2.18. The fourth-order valence-corrected chi connectivity index (χ4v) is 4.40. The SMILES string of the molecule is CCCCCNC(=O)N1C[C@H](F)[C@H](NC(=O)c2cc(-c3cc(C(F)(F)F)c4c(N)ncnn34)cnc2OC)C1. The molecule has 210 valence electrons. The van der Waals surface area contributed by atoms with E-state index in [4.69, 9.17) is 10.5 Å². The largest absolute Gasteiger partial charge is 0.480 e. The zero-order chi connectivity index (χ0) is 28.3. The smallest absolute Gasteiger partial charge is 0.418 e. The maximum absolute atomic E-state index is 14.8. The van der Waals surface area contributed by atoms with Crippen LogP contribution in [0.4, 0.5) is 28.2 Å². The number of nitrogen functional groups attached to an aromatic ring is 1. The summed E-state index contributed by atoms with van der Waals surface area (Å²) in [6, 6.07) is 0.665. The van der Waals surface area contributed by atoms with Crippen molar-refractivity contribution in [3.8, 4) is 17.1 Å². The monoisotopic (exact) mass is 552 g/mol. The number of pyridine rings is 1. The first-order valence-corrected chi connectivity index (χ1v) is 12.3. The average molecular weight is 553 g/mol. The van der Waals surface area contributed by atoms with Crippen LogP contribution >= 0.6 is 0 Å². The maximum Gasteiger partial charge on any atom is 0.418 e. The molecule has 3 aromatic rings. The first-order chi connectivity index (χ1) is 18.5. The van der Waals surface area contributed by atoms with Gasteiger partial charge in [-0.2, -0.15) is 18.3 Å². The number of halogens is 4. The molecule has 0 saturated carbocycles. The minimum absolute atomic E-state index is 0.0502. The van der Waals surface area contributed by atoms with Gasteiger partial charge in [0.25, 0.3) is 5.91 Å². The number of alkyl halides is 4. The van der Waals surface area contributed by atoms with Crippen LogP contribution in [0.15, 0.2) is 24.7 Å². The fourth-order valence-electron chi connectivity index (χ4n) is 4.40. The molecule has 0 bridgehead atoms. The van der Waals surface area contributed by atoms with E-state index in [0.29, 0.717) is 6.54 Å². The van der Waals surface area contributed by atoms with Crippen LogP contribution in [-0.2, 0) is 6.18 Å². The lowest BCUT2D eigenvalue weighted by atomic mass is 10.1.